The maximum atomic E-state index is 13.0. The molecule has 1 aliphatic rings. The number of amides is 1. The molecule has 4 rings (SSSR count). The van der Waals surface area contributed by atoms with Gasteiger partial charge < -0.3 is 19.2 Å². The molecule has 160 valence electrons. The lowest BCUT2D eigenvalue weighted by Crippen LogP contribution is -2.36. The van der Waals surface area contributed by atoms with Gasteiger partial charge in [-0.25, -0.2) is 8.42 Å². The van der Waals surface area contributed by atoms with Crippen LogP contribution >= 0.6 is 0 Å². The standard InChI is InChI=1S/C22H20N2O6S/c25-22(23-18-8-9-20-21(13-18)30-16-29-20)15-24(14-19-7-4-11-28-19)31(26,27)12-10-17-5-2-1-3-6-17/h1-13H,14-16H2,(H,23,25)/b12-10+. The highest BCUT2D eigenvalue weighted by atomic mass is 32.2. The molecule has 1 aliphatic heterocycles. The number of furan rings is 1. The van der Waals surface area contributed by atoms with Crippen molar-refractivity contribution in [1.29, 1.82) is 0 Å². The van der Waals surface area contributed by atoms with Gasteiger partial charge in [0.2, 0.25) is 22.7 Å². The van der Waals surface area contributed by atoms with Gasteiger partial charge in [-0.2, -0.15) is 4.31 Å². The number of ether oxygens (including phenoxy) is 2. The first kappa shape index (κ1) is 20.7. The highest BCUT2D eigenvalue weighted by Gasteiger charge is 2.24. The summed E-state index contributed by atoms with van der Waals surface area (Å²) in [4.78, 5) is 12.6. The number of anilines is 1. The van der Waals surface area contributed by atoms with Gasteiger partial charge in [-0.05, 0) is 35.9 Å². The quantitative estimate of drug-likeness (QED) is 0.576. The molecule has 0 saturated heterocycles. The van der Waals surface area contributed by atoms with E-state index in [9.17, 15) is 13.2 Å². The summed E-state index contributed by atoms with van der Waals surface area (Å²) >= 11 is 0. The fraction of sp³-hybridized carbons (Fsp3) is 0.136. The number of nitrogens with zero attached hydrogens (tertiary/aromatic N) is 1. The third kappa shape index (κ3) is 5.33. The van der Waals surface area contributed by atoms with Crippen LogP contribution in [0, 0.1) is 0 Å². The van der Waals surface area contributed by atoms with Gasteiger partial charge in [0, 0.05) is 17.2 Å². The molecule has 8 nitrogen and oxygen atoms in total. The molecule has 1 N–H and O–H groups in total. The lowest BCUT2D eigenvalue weighted by Gasteiger charge is -2.19. The van der Waals surface area contributed by atoms with Gasteiger partial charge in [-0.15, -0.1) is 0 Å². The number of sulfonamides is 1. The number of rotatable bonds is 8. The lowest BCUT2D eigenvalue weighted by atomic mass is 10.2. The molecule has 3 aromatic rings. The van der Waals surface area contributed by atoms with Crippen LogP contribution in [0.3, 0.4) is 0 Å². The monoisotopic (exact) mass is 440 g/mol. The van der Waals surface area contributed by atoms with Gasteiger partial charge >= 0.3 is 0 Å². The number of hydrogen-bond acceptors (Lipinski definition) is 6. The Morgan fingerprint density at radius 2 is 1.84 bits per heavy atom. The summed E-state index contributed by atoms with van der Waals surface area (Å²) < 4.78 is 42.8. The Morgan fingerprint density at radius 3 is 2.61 bits per heavy atom. The van der Waals surface area contributed by atoms with E-state index in [1.54, 1.807) is 42.5 Å². The molecule has 0 radical (unpaired) electrons. The van der Waals surface area contributed by atoms with E-state index in [4.69, 9.17) is 13.9 Å². The number of hydrogen-bond donors (Lipinski definition) is 1. The van der Waals surface area contributed by atoms with Crippen LogP contribution in [0.15, 0.2) is 76.8 Å². The van der Waals surface area contributed by atoms with Crippen LogP contribution in [0.25, 0.3) is 6.08 Å². The topological polar surface area (TPSA) is 98.1 Å². The molecule has 0 spiro atoms. The molecule has 0 bridgehead atoms. The van der Waals surface area contributed by atoms with Gasteiger partial charge in [0.25, 0.3) is 0 Å². The first-order chi connectivity index (χ1) is 15.0. The Hall–Kier alpha value is -3.56. The van der Waals surface area contributed by atoms with E-state index >= 15 is 0 Å². The minimum Gasteiger partial charge on any atom is -0.468 e. The largest absolute Gasteiger partial charge is 0.468 e. The molecule has 1 aromatic heterocycles. The molecule has 31 heavy (non-hydrogen) atoms. The van der Waals surface area contributed by atoms with Crippen LogP contribution in [0.2, 0.25) is 0 Å². The number of fused-ring (bicyclic) bond motifs is 1. The van der Waals surface area contributed by atoms with Crippen LogP contribution in [0.4, 0.5) is 5.69 Å². The van der Waals surface area contributed by atoms with Crippen LogP contribution in [-0.2, 0) is 21.4 Å². The molecule has 0 atom stereocenters. The highest BCUT2D eigenvalue weighted by molar-refractivity contribution is 7.92. The molecule has 0 fully saturated rings. The molecule has 2 heterocycles. The third-order valence-corrected chi connectivity index (χ3v) is 5.94. The average Bonchev–Trinajstić information content (AvgIpc) is 3.44. The van der Waals surface area contributed by atoms with Gasteiger partial charge in [0.05, 0.1) is 19.4 Å². The molecule has 0 aliphatic carbocycles. The van der Waals surface area contributed by atoms with Crippen molar-refractivity contribution in [2.24, 2.45) is 0 Å². The highest BCUT2D eigenvalue weighted by Crippen LogP contribution is 2.34. The minimum atomic E-state index is -3.91. The zero-order valence-electron chi connectivity index (χ0n) is 16.4. The SMILES string of the molecule is O=C(CN(Cc1ccco1)S(=O)(=O)/C=C/c1ccccc1)Nc1ccc2c(c1)OCO2. The Kier molecular flexibility index (Phi) is 6.06. The maximum Gasteiger partial charge on any atom is 0.239 e. The maximum absolute atomic E-state index is 13.0. The smallest absolute Gasteiger partial charge is 0.239 e. The van der Waals surface area contributed by atoms with Gasteiger partial charge in [-0.1, -0.05) is 30.3 Å². The summed E-state index contributed by atoms with van der Waals surface area (Å²) in [5.41, 5.74) is 1.21. The Labute approximate surface area is 179 Å². The number of benzene rings is 2. The first-order valence-electron chi connectivity index (χ1n) is 9.45. The summed E-state index contributed by atoms with van der Waals surface area (Å²) in [7, 11) is -3.91. The zero-order valence-corrected chi connectivity index (χ0v) is 17.2. The van der Waals surface area contributed by atoms with Crippen molar-refractivity contribution < 1.29 is 27.1 Å². The molecule has 0 unspecified atom stereocenters. The van der Waals surface area contributed by atoms with Crippen molar-refractivity contribution in [3.8, 4) is 11.5 Å². The van der Waals surface area contributed by atoms with Crippen molar-refractivity contribution in [3.05, 3.63) is 83.7 Å². The van der Waals surface area contributed by atoms with Crippen LogP contribution < -0.4 is 14.8 Å². The summed E-state index contributed by atoms with van der Waals surface area (Å²) in [6, 6.07) is 17.3. The summed E-state index contributed by atoms with van der Waals surface area (Å²) in [6.07, 6.45) is 2.94. The predicted molar refractivity (Wildman–Crippen MR) is 115 cm³/mol. The van der Waals surface area contributed by atoms with E-state index in [2.05, 4.69) is 5.32 Å². The number of carbonyl (C=O) groups excluding carboxylic acids is 1. The van der Waals surface area contributed by atoms with Crippen LogP contribution in [0.5, 0.6) is 11.5 Å². The third-order valence-electron chi connectivity index (χ3n) is 4.48. The molecule has 0 saturated carbocycles. The Balaban J connectivity index is 1.50. The Bertz CT molecular complexity index is 1170. The van der Waals surface area contributed by atoms with E-state index in [0.717, 1.165) is 15.3 Å². The summed E-state index contributed by atoms with van der Waals surface area (Å²) in [5.74, 6) is 1.03. The van der Waals surface area contributed by atoms with Crippen molar-refractivity contribution >= 4 is 27.7 Å². The molecular weight excluding hydrogens is 420 g/mol. The van der Waals surface area contributed by atoms with Crippen molar-refractivity contribution in [3.63, 3.8) is 0 Å². The fourth-order valence-corrected chi connectivity index (χ4v) is 4.07. The van der Waals surface area contributed by atoms with Crippen molar-refractivity contribution in [1.82, 2.24) is 4.31 Å². The normalized spacial score (nSPS) is 13.1. The lowest BCUT2D eigenvalue weighted by molar-refractivity contribution is -0.116. The second kappa shape index (κ2) is 9.07. The fourth-order valence-electron chi connectivity index (χ4n) is 2.96. The van der Waals surface area contributed by atoms with Gasteiger partial charge in [0.1, 0.15) is 5.76 Å². The van der Waals surface area contributed by atoms with Gasteiger partial charge in [0.15, 0.2) is 11.5 Å². The molecule has 9 heteroatoms. The Morgan fingerprint density at radius 1 is 1.03 bits per heavy atom. The number of carbonyl (C=O) groups is 1. The average molecular weight is 440 g/mol. The van der Waals surface area contributed by atoms with E-state index in [0.29, 0.717) is 22.9 Å². The van der Waals surface area contributed by atoms with Crippen molar-refractivity contribution in [2.75, 3.05) is 18.7 Å². The second-order valence-corrected chi connectivity index (χ2v) is 8.54. The predicted octanol–water partition coefficient (Wildman–Crippen LogP) is 3.45. The summed E-state index contributed by atoms with van der Waals surface area (Å²) in [6.45, 7) is -0.352. The minimum absolute atomic E-state index is 0.0803. The van der Waals surface area contributed by atoms with E-state index in [-0.39, 0.29) is 13.3 Å². The summed E-state index contributed by atoms with van der Waals surface area (Å²) in [5, 5.41) is 3.77. The van der Waals surface area contributed by atoms with Gasteiger partial charge in [-0.3, -0.25) is 4.79 Å². The van der Waals surface area contributed by atoms with Crippen molar-refractivity contribution in [2.45, 2.75) is 6.54 Å². The van der Waals surface area contributed by atoms with E-state index in [1.165, 1.54) is 12.3 Å². The molecule has 2 aromatic carbocycles. The first-order valence-corrected chi connectivity index (χ1v) is 11.0. The van der Waals surface area contributed by atoms with E-state index in [1.807, 2.05) is 18.2 Å². The molecule has 1 amide bonds. The second-order valence-electron chi connectivity index (χ2n) is 6.72. The van der Waals surface area contributed by atoms with Crippen LogP contribution in [-0.4, -0.2) is 32.0 Å². The zero-order chi connectivity index (χ0) is 21.7. The van der Waals surface area contributed by atoms with E-state index < -0.39 is 22.5 Å². The number of nitrogens with one attached hydrogen (secondary N) is 1. The van der Waals surface area contributed by atoms with Crippen LogP contribution in [0.1, 0.15) is 11.3 Å². The molecular formula is C22H20N2O6S.